The van der Waals surface area contributed by atoms with Crippen molar-refractivity contribution in [2.45, 2.75) is 25.0 Å². The van der Waals surface area contributed by atoms with Crippen molar-refractivity contribution in [1.82, 2.24) is 4.57 Å². The monoisotopic (exact) mass is 697 g/mol. The number of hydrogen-bond donors (Lipinski definition) is 0. The number of benzene rings is 8. The molecule has 0 saturated heterocycles. The molecule has 0 radical (unpaired) electrons. The van der Waals surface area contributed by atoms with Crippen molar-refractivity contribution < 1.29 is 0 Å². The van der Waals surface area contributed by atoms with Gasteiger partial charge in [-0.3, -0.25) is 0 Å². The van der Waals surface area contributed by atoms with Crippen LogP contribution in [0.3, 0.4) is 0 Å². The van der Waals surface area contributed by atoms with Crippen molar-refractivity contribution >= 4 is 45.3 Å². The first kappa shape index (κ1) is 29.9. The highest BCUT2D eigenvalue weighted by Gasteiger charge is 2.50. The summed E-state index contributed by atoms with van der Waals surface area (Å²) < 4.78 is 2.47. The van der Waals surface area contributed by atoms with Gasteiger partial charge in [0.1, 0.15) is 0 Å². The van der Waals surface area contributed by atoms with Gasteiger partial charge in [-0.15, -0.1) is 0 Å². The molecule has 2 aliphatic heterocycles. The molecular formula is C49H31NS2. The zero-order valence-electron chi connectivity index (χ0n) is 28.2. The lowest BCUT2D eigenvalue weighted by atomic mass is 9.62. The maximum Gasteiger partial charge on any atom is 0.0751 e. The Morgan fingerprint density at radius 3 is 1.75 bits per heavy atom. The highest BCUT2D eigenvalue weighted by Crippen LogP contribution is 2.63. The molecule has 9 aromatic rings. The molecule has 0 saturated carbocycles. The summed E-state index contributed by atoms with van der Waals surface area (Å²) in [6.45, 7) is 0. The first-order valence-electron chi connectivity index (χ1n) is 17.8. The van der Waals surface area contributed by atoms with Crippen molar-refractivity contribution in [3.05, 3.63) is 210 Å². The van der Waals surface area contributed by atoms with Crippen LogP contribution in [0.25, 0.3) is 49.7 Å². The molecule has 3 heteroatoms. The average molecular weight is 698 g/mol. The van der Waals surface area contributed by atoms with Crippen LogP contribution in [0.4, 0.5) is 0 Å². The van der Waals surface area contributed by atoms with Gasteiger partial charge in [-0.25, -0.2) is 0 Å². The van der Waals surface area contributed by atoms with Gasteiger partial charge in [0.25, 0.3) is 0 Å². The van der Waals surface area contributed by atoms with Crippen molar-refractivity contribution in [2.75, 3.05) is 0 Å². The van der Waals surface area contributed by atoms with Gasteiger partial charge in [0.05, 0.1) is 16.4 Å². The van der Waals surface area contributed by atoms with Gasteiger partial charge in [0, 0.05) is 41.6 Å². The van der Waals surface area contributed by atoms with Crippen LogP contribution in [0.1, 0.15) is 22.3 Å². The van der Waals surface area contributed by atoms with E-state index >= 15 is 0 Å². The summed E-state index contributed by atoms with van der Waals surface area (Å²) in [5, 5.41) is 2.53. The molecule has 1 aromatic heterocycles. The summed E-state index contributed by atoms with van der Waals surface area (Å²) in [5.74, 6) is 0. The summed E-state index contributed by atoms with van der Waals surface area (Å²) in [6, 6.07) is 69.8. The van der Waals surface area contributed by atoms with Crippen molar-refractivity contribution in [2.24, 2.45) is 0 Å². The molecule has 11 rings (SSSR count). The van der Waals surface area contributed by atoms with Crippen LogP contribution in [-0.4, -0.2) is 4.57 Å². The second kappa shape index (κ2) is 11.6. The van der Waals surface area contributed by atoms with E-state index in [9.17, 15) is 0 Å². The fraction of sp³-hybridized carbons (Fsp3) is 0.0204. The Bertz CT molecular complexity index is 2810. The molecule has 0 N–H and O–H groups in total. The summed E-state index contributed by atoms with van der Waals surface area (Å²) in [6.07, 6.45) is 0. The van der Waals surface area contributed by atoms with E-state index in [2.05, 4.69) is 193 Å². The molecule has 244 valence electrons. The van der Waals surface area contributed by atoms with Crippen LogP contribution in [0.5, 0.6) is 0 Å². The minimum Gasteiger partial charge on any atom is -0.309 e. The molecule has 0 aliphatic carbocycles. The third-order valence-corrected chi connectivity index (χ3v) is 13.2. The Morgan fingerprint density at radius 1 is 0.385 bits per heavy atom. The van der Waals surface area contributed by atoms with Gasteiger partial charge < -0.3 is 4.57 Å². The predicted octanol–water partition coefficient (Wildman–Crippen LogP) is 13.4. The van der Waals surface area contributed by atoms with Crippen LogP contribution < -0.4 is 0 Å². The van der Waals surface area contributed by atoms with Gasteiger partial charge in [0.2, 0.25) is 0 Å². The average Bonchev–Trinajstić information content (AvgIpc) is 3.56. The largest absolute Gasteiger partial charge is 0.309 e. The fourth-order valence-corrected chi connectivity index (χ4v) is 11.3. The molecule has 3 heterocycles. The normalized spacial score (nSPS) is 13.8. The topological polar surface area (TPSA) is 4.93 Å². The zero-order chi connectivity index (χ0) is 34.2. The number of para-hydroxylation sites is 3. The fourth-order valence-electron chi connectivity index (χ4n) is 8.84. The molecule has 52 heavy (non-hydrogen) atoms. The standard InChI is InChI=1S/C49H31NS2/c1-3-15-32(16-4-1)33-29-30-41-46(31-33)52-45-28-14-20-36(47(45)49(41)39-23-8-11-26-43(39)51-44-27-12-9-24-40(44)49)38-22-13-21-37-35-19-7-10-25-42(35)50(48(37)38)34-17-5-2-6-18-34/h1-31H. The van der Waals surface area contributed by atoms with E-state index in [0.717, 1.165) is 0 Å². The minimum atomic E-state index is -0.536. The smallest absolute Gasteiger partial charge is 0.0751 e. The van der Waals surface area contributed by atoms with Gasteiger partial charge >= 0.3 is 0 Å². The van der Waals surface area contributed by atoms with Crippen LogP contribution >= 0.6 is 23.5 Å². The number of rotatable bonds is 3. The quantitative estimate of drug-likeness (QED) is 0.181. The molecule has 0 unspecified atom stereocenters. The highest BCUT2D eigenvalue weighted by molar-refractivity contribution is 8.00. The van der Waals surface area contributed by atoms with Gasteiger partial charge in [-0.05, 0) is 81.4 Å². The molecule has 1 spiro atoms. The number of aromatic nitrogens is 1. The summed E-state index contributed by atoms with van der Waals surface area (Å²) >= 11 is 3.81. The second-order valence-corrected chi connectivity index (χ2v) is 15.8. The summed E-state index contributed by atoms with van der Waals surface area (Å²) in [7, 11) is 0. The van der Waals surface area contributed by atoms with Crippen LogP contribution in [-0.2, 0) is 5.41 Å². The first-order valence-corrected chi connectivity index (χ1v) is 19.4. The van der Waals surface area contributed by atoms with Crippen molar-refractivity contribution in [3.63, 3.8) is 0 Å². The molecular weight excluding hydrogens is 667 g/mol. The lowest BCUT2D eigenvalue weighted by Crippen LogP contribution is -2.37. The van der Waals surface area contributed by atoms with E-state index in [1.165, 1.54) is 91.6 Å². The Labute approximate surface area is 311 Å². The minimum absolute atomic E-state index is 0.536. The summed E-state index contributed by atoms with van der Waals surface area (Å²) in [5.41, 5.74) is 13.5. The maximum absolute atomic E-state index is 2.47. The number of fused-ring (bicyclic) bond motifs is 11. The van der Waals surface area contributed by atoms with E-state index in [1.54, 1.807) is 0 Å². The van der Waals surface area contributed by atoms with Gasteiger partial charge in [-0.2, -0.15) is 0 Å². The Morgan fingerprint density at radius 2 is 0.962 bits per heavy atom. The molecule has 0 fully saturated rings. The lowest BCUT2D eigenvalue weighted by molar-refractivity contribution is 0.669. The zero-order valence-corrected chi connectivity index (χ0v) is 29.8. The highest BCUT2D eigenvalue weighted by atomic mass is 32.2. The molecule has 8 aromatic carbocycles. The van der Waals surface area contributed by atoms with Crippen molar-refractivity contribution in [1.29, 1.82) is 0 Å². The molecule has 1 nitrogen and oxygen atoms in total. The lowest BCUT2D eigenvalue weighted by Gasteiger charge is -2.46. The summed E-state index contributed by atoms with van der Waals surface area (Å²) in [4.78, 5) is 5.22. The number of hydrogen-bond acceptors (Lipinski definition) is 2. The van der Waals surface area contributed by atoms with Crippen LogP contribution in [0.2, 0.25) is 0 Å². The molecule has 0 amide bonds. The Hall–Kier alpha value is -5.74. The van der Waals surface area contributed by atoms with E-state index in [0.29, 0.717) is 0 Å². The third-order valence-electron chi connectivity index (χ3n) is 10.9. The maximum atomic E-state index is 2.47. The molecule has 0 atom stereocenters. The third kappa shape index (κ3) is 4.21. The van der Waals surface area contributed by atoms with Gasteiger partial charge in [-0.1, -0.05) is 169 Å². The van der Waals surface area contributed by atoms with Crippen LogP contribution in [0, 0.1) is 0 Å². The van der Waals surface area contributed by atoms with E-state index in [-0.39, 0.29) is 0 Å². The van der Waals surface area contributed by atoms with E-state index < -0.39 is 5.41 Å². The predicted molar refractivity (Wildman–Crippen MR) is 218 cm³/mol. The molecule has 2 aliphatic rings. The Kier molecular flexibility index (Phi) is 6.70. The van der Waals surface area contributed by atoms with E-state index in [1.807, 2.05) is 23.5 Å². The van der Waals surface area contributed by atoms with Crippen molar-refractivity contribution in [3.8, 4) is 27.9 Å². The second-order valence-electron chi connectivity index (χ2n) is 13.6. The molecule has 0 bridgehead atoms. The number of nitrogens with zero attached hydrogens (tertiary/aromatic N) is 1. The van der Waals surface area contributed by atoms with Crippen LogP contribution in [0.15, 0.2) is 208 Å². The first-order chi connectivity index (χ1) is 25.8. The SMILES string of the molecule is c1ccc(-c2ccc3c(c2)Sc2cccc(-c4cccc5c6ccccc6n(-c6ccccc6)c45)c2C32c3ccccc3Sc3ccccc32)cc1. The van der Waals surface area contributed by atoms with E-state index in [4.69, 9.17) is 0 Å². The van der Waals surface area contributed by atoms with Gasteiger partial charge in [0.15, 0.2) is 0 Å². The Balaban J connectivity index is 1.29.